The highest BCUT2D eigenvalue weighted by atomic mass is 16.2. The highest BCUT2D eigenvalue weighted by molar-refractivity contribution is 5.92. The Balaban J connectivity index is 1.50. The first-order valence-electron chi connectivity index (χ1n) is 8.50. The van der Waals surface area contributed by atoms with Gasteiger partial charge < -0.3 is 14.8 Å². The van der Waals surface area contributed by atoms with Crippen molar-refractivity contribution in [3.05, 3.63) is 24.0 Å². The minimum Gasteiger partial charge on any atom is -0.357 e. The number of nitrogens with zero attached hydrogens (tertiary/aromatic N) is 3. The van der Waals surface area contributed by atoms with Crippen molar-refractivity contribution in [1.82, 2.24) is 19.7 Å². The number of nitrogens with one attached hydrogen (secondary N) is 1. The van der Waals surface area contributed by atoms with Crippen LogP contribution in [-0.4, -0.2) is 77.9 Å². The summed E-state index contributed by atoms with van der Waals surface area (Å²) in [5.41, 5.74) is 0.713. The van der Waals surface area contributed by atoms with Gasteiger partial charge in [-0.15, -0.1) is 0 Å². The van der Waals surface area contributed by atoms with Gasteiger partial charge in [-0.2, -0.15) is 0 Å². The fraction of sp³-hybridized carbons (Fsp3) is 0.706. The van der Waals surface area contributed by atoms with Crippen LogP contribution in [0.2, 0.25) is 0 Å². The van der Waals surface area contributed by atoms with Crippen LogP contribution in [0, 0.1) is 5.92 Å². The van der Waals surface area contributed by atoms with Crippen LogP contribution >= 0.6 is 0 Å². The molecule has 122 valence electrons. The van der Waals surface area contributed by atoms with E-state index >= 15 is 0 Å². The van der Waals surface area contributed by atoms with Crippen molar-refractivity contribution in [2.45, 2.75) is 25.8 Å². The Morgan fingerprint density at radius 1 is 1.18 bits per heavy atom. The van der Waals surface area contributed by atoms with E-state index < -0.39 is 0 Å². The third-order valence-corrected chi connectivity index (χ3v) is 5.45. The number of piperidine rings is 1. The molecule has 1 aromatic heterocycles. The molecule has 0 radical (unpaired) electrons. The molecule has 2 saturated heterocycles. The number of rotatable bonds is 3. The maximum atomic E-state index is 12.4. The Morgan fingerprint density at radius 3 is 2.45 bits per heavy atom. The molecule has 0 aromatic carbocycles. The number of carbonyl (C=O) groups is 1. The van der Waals surface area contributed by atoms with Gasteiger partial charge in [0.2, 0.25) is 0 Å². The van der Waals surface area contributed by atoms with E-state index in [2.05, 4.69) is 28.8 Å². The fourth-order valence-electron chi connectivity index (χ4n) is 3.75. The zero-order chi connectivity index (χ0) is 15.5. The number of aromatic nitrogens is 1. The Kier molecular flexibility index (Phi) is 4.84. The van der Waals surface area contributed by atoms with Crippen LogP contribution < -0.4 is 0 Å². The van der Waals surface area contributed by atoms with E-state index in [1.807, 2.05) is 23.2 Å². The quantitative estimate of drug-likeness (QED) is 0.920. The predicted octanol–water partition coefficient (Wildman–Crippen LogP) is 1.50. The van der Waals surface area contributed by atoms with Crippen molar-refractivity contribution in [2.24, 2.45) is 5.92 Å². The molecular formula is C17H28N4O. The van der Waals surface area contributed by atoms with E-state index in [1.54, 1.807) is 0 Å². The second kappa shape index (κ2) is 6.84. The summed E-state index contributed by atoms with van der Waals surface area (Å²) in [6.07, 6.45) is 4.06. The molecule has 3 rings (SSSR count). The van der Waals surface area contributed by atoms with E-state index in [4.69, 9.17) is 0 Å². The van der Waals surface area contributed by atoms with Gasteiger partial charge in [0.05, 0.1) is 0 Å². The number of likely N-dealkylation sites (N-methyl/N-ethyl adjacent to an activating group) is 1. The molecule has 0 spiro atoms. The normalized spacial score (nSPS) is 23.6. The van der Waals surface area contributed by atoms with Crippen LogP contribution in [0.25, 0.3) is 0 Å². The second-order valence-corrected chi connectivity index (χ2v) is 6.79. The number of piperazine rings is 1. The molecule has 1 unspecified atom stereocenters. The third-order valence-electron chi connectivity index (χ3n) is 5.45. The van der Waals surface area contributed by atoms with Gasteiger partial charge in [-0.1, -0.05) is 0 Å². The van der Waals surface area contributed by atoms with E-state index in [9.17, 15) is 4.79 Å². The Hall–Kier alpha value is -1.33. The molecule has 0 saturated carbocycles. The second-order valence-electron chi connectivity index (χ2n) is 6.79. The van der Waals surface area contributed by atoms with Crippen molar-refractivity contribution in [3.8, 4) is 0 Å². The van der Waals surface area contributed by atoms with E-state index in [-0.39, 0.29) is 5.91 Å². The SMILES string of the molecule is CC(C1CCN(C(=O)c2ccc[nH]2)CC1)N1CCN(C)CC1. The van der Waals surface area contributed by atoms with Crippen LogP contribution in [0.1, 0.15) is 30.3 Å². The molecule has 1 N–H and O–H groups in total. The first-order valence-corrected chi connectivity index (χ1v) is 8.50. The Labute approximate surface area is 133 Å². The average molecular weight is 304 g/mol. The lowest BCUT2D eigenvalue weighted by Gasteiger charge is -2.42. The highest BCUT2D eigenvalue weighted by Gasteiger charge is 2.30. The van der Waals surface area contributed by atoms with Crippen molar-refractivity contribution in [2.75, 3.05) is 46.3 Å². The molecular weight excluding hydrogens is 276 g/mol. The number of H-pyrrole nitrogens is 1. The van der Waals surface area contributed by atoms with Crippen LogP contribution in [0.5, 0.6) is 0 Å². The van der Waals surface area contributed by atoms with Crippen molar-refractivity contribution >= 4 is 5.91 Å². The largest absolute Gasteiger partial charge is 0.357 e. The zero-order valence-electron chi connectivity index (χ0n) is 13.8. The molecule has 5 heteroatoms. The zero-order valence-corrected chi connectivity index (χ0v) is 13.8. The first-order chi connectivity index (χ1) is 10.6. The van der Waals surface area contributed by atoms with Crippen molar-refractivity contribution in [3.63, 3.8) is 0 Å². The van der Waals surface area contributed by atoms with Gasteiger partial charge in [-0.3, -0.25) is 9.69 Å². The van der Waals surface area contributed by atoms with E-state index in [0.717, 1.165) is 31.8 Å². The van der Waals surface area contributed by atoms with Crippen LogP contribution in [0.4, 0.5) is 0 Å². The molecule has 1 aromatic rings. The van der Waals surface area contributed by atoms with Gasteiger partial charge in [0, 0.05) is 51.5 Å². The lowest BCUT2D eigenvalue weighted by atomic mass is 9.89. The molecule has 5 nitrogen and oxygen atoms in total. The summed E-state index contributed by atoms with van der Waals surface area (Å²) < 4.78 is 0. The molecule has 1 amide bonds. The summed E-state index contributed by atoms with van der Waals surface area (Å²) >= 11 is 0. The molecule has 1 atom stereocenters. The maximum absolute atomic E-state index is 12.4. The lowest BCUT2D eigenvalue weighted by Crippen LogP contribution is -2.52. The number of amides is 1. The number of hydrogen-bond donors (Lipinski definition) is 1. The summed E-state index contributed by atoms with van der Waals surface area (Å²) in [5.74, 6) is 0.867. The standard InChI is InChI=1S/C17H28N4O/c1-14(20-12-10-19(2)11-13-20)15-5-8-21(9-6-15)17(22)16-4-3-7-18-16/h3-4,7,14-15,18H,5-6,8-13H2,1-2H3. The Morgan fingerprint density at radius 2 is 1.86 bits per heavy atom. The third kappa shape index (κ3) is 3.36. The van der Waals surface area contributed by atoms with Crippen molar-refractivity contribution < 1.29 is 4.79 Å². The molecule has 22 heavy (non-hydrogen) atoms. The smallest absolute Gasteiger partial charge is 0.270 e. The number of carbonyl (C=O) groups excluding carboxylic acids is 1. The molecule has 2 fully saturated rings. The van der Waals surface area contributed by atoms with E-state index in [0.29, 0.717) is 11.7 Å². The summed E-state index contributed by atoms with van der Waals surface area (Å²) in [6.45, 7) is 8.86. The first kappa shape index (κ1) is 15.6. The summed E-state index contributed by atoms with van der Waals surface area (Å²) in [6, 6.07) is 4.38. The monoisotopic (exact) mass is 304 g/mol. The molecule has 2 aliphatic rings. The van der Waals surface area contributed by atoms with Gasteiger partial charge in [-0.05, 0) is 44.9 Å². The maximum Gasteiger partial charge on any atom is 0.270 e. The van der Waals surface area contributed by atoms with Gasteiger partial charge in [0.15, 0.2) is 0 Å². The van der Waals surface area contributed by atoms with Gasteiger partial charge >= 0.3 is 0 Å². The number of hydrogen-bond acceptors (Lipinski definition) is 3. The predicted molar refractivity (Wildman–Crippen MR) is 88.0 cm³/mol. The topological polar surface area (TPSA) is 42.6 Å². The van der Waals surface area contributed by atoms with Crippen LogP contribution in [0.3, 0.4) is 0 Å². The summed E-state index contributed by atoms with van der Waals surface area (Å²) in [5, 5.41) is 0. The molecule has 3 heterocycles. The van der Waals surface area contributed by atoms with Crippen molar-refractivity contribution in [1.29, 1.82) is 0 Å². The van der Waals surface area contributed by atoms with Gasteiger partial charge in [-0.25, -0.2) is 0 Å². The lowest BCUT2D eigenvalue weighted by molar-refractivity contribution is 0.0497. The van der Waals surface area contributed by atoms with Crippen LogP contribution in [0.15, 0.2) is 18.3 Å². The molecule has 0 bridgehead atoms. The summed E-state index contributed by atoms with van der Waals surface area (Å²) in [7, 11) is 2.20. The number of likely N-dealkylation sites (tertiary alicyclic amines) is 1. The Bertz CT molecular complexity index is 471. The minimum absolute atomic E-state index is 0.149. The summed E-state index contributed by atoms with van der Waals surface area (Å²) in [4.78, 5) is 22.4. The molecule has 2 aliphatic heterocycles. The van der Waals surface area contributed by atoms with Crippen LogP contribution in [-0.2, 0) is 0 Å². The van der Waals surface area contributed by atoms with Gasteiger partial charge in [0.25, 0.3) is 5.91 Å². The fourth-order valence-corrected chi connectivity index (χ4v) is 3.75. The number of aromatic amines is 1. The average Bonchev–Trinajstić information content (AvgIpc) is 3.09. The highest BCUT2D eigenvalue weighted by Crippen LogP contribution is 2.25. The van der Waals surface area contributed by atoms with Gasteiger partial charge in [0.1, 0.15) is 5.69 Å². The minimum atomic E-state index is 0.149. The van der Waals surface area contributed by atoms with E-state index in [1.165, 1.54) is 26.2 Å². The molecule has 0 aliphatic carbocycles.